The smallest absolute Gasteiger partial charge is 0.259 e. The lowest BCUT2D eigenvalue weighted by Gasteiger charge is -2.37. The van der Waals surface area contributed by atoms with Crippen LogP contribution in [0, 0.1) is 29.5 Å². The molecule has 2 amide bonds. The standard InChI is InChI=1S/C28H34FN3O4/c1-18(2)8-6-9-21-12-24-26(30-14-21)36-25(19(3)15-32(28(24)35)20(4)17-33)16-31(5)27(34)22-10-7-11-23(29)13-22/h7,10-14,18-20,25,33H,8,15-17H2,1-5H3/t19-,20-,25-/m0/s1. The largest absolute Gasteiger partial charge is 0.472 e. The molecule has 36 heavy (non-hydrogen) atoms. The molecule has 192 valence electrons. The molecule has 1 aliphatic rings. The Hall–Kier alpha value is -3.44. The van der Waals surface area contributed by atoms with Gasteiger partial charge in [-0.15, -0.1) is 0 Å². The van der Waals surface area contributed by atoms with Gasteiger partial charge in [0.05, 0.1) is 19.2 Å². The van der Waals surface area contributed by atoms with Gasteiger partial charge >= 0.3 is 0 Å². The highest BCUT2D eigenvalue weighted by molar-refractivity contribution is 5.97. The predicted octanol–water partition coefficient (Wildman–Crippen LogP) is 3.61. The summed E-state index contributed by atoms with van der Waals surface area (Å²) >= 11 is 0. The molecule has 0 unspecified atom stereocenters. The molecule has 1 aromatic carbocycles. The van der Waals surface area contributed by atoms with E-state index in [0.29, 0.717) is 18.0 Å². The highest BCUT2D eigenvalue weighted by atomic mass is 19.1. The number of aromatic nitrogens is 1. The van der Waals surface area contributed by atoms with Gasteiger partial charge in [0.2, 0.25) is 5.88 Å². The molecule has 1 N–H and O–H groups in total. The zero-order valence-electron chi connectivity index (χ0n) is 21.5. The van der Waals surface area contributed by atoms with Crippen molar-refractivity contribution in [1.82, 2.24) is 14.8 Å². The Kier molecular flexibility index (Phi) is 9.05. The number of amides is 2. The molecule has 1 aliphatic heterocycles. The molecule has 7 nitrogen and oxygen atoms in total. The number of hydrogen-bond acceptors (Lipinski definition) is 5. The van der Waals surface area contributed by atoms with Crippen LogP contribution in [-0.4, -0.2) is 70.6 Å². The highest BCUT2D eigenvalue weighted by Gasteiger charge is 2.34. The third-order valence-corrected chi connectivity index (χ3v) is 6.14. The third kappa shape index (κ3) is 6.61. The van der Waals surface area contributed by atoms with Crippen molar-refractivity contribution in [2.75, 3.05) is 26.7 Å². The first-order valence-corrected chi connectivity index (χ1v) is 12.2. The van der Waals surface area contributed by atoms with Gasteiger partial charge in [-0.05, 0) is 37.1 Å². The summed E-state index contributed by atoms with van der Waals surface area (Å²) in [6, 6.07) is 6.79. The molecule has 0 saturated heterocycles. The van der Waals surface area contributed by atoms with E-state index in [2.05, 4.69) is 30.7 Å². The number of carbonyl (C=O) groups excluding carboxylic acids is 2. The first-order valence-electron chi connectivity index (χ1n) is 12.2. The van der Waals surface area contributed by atoms with Gasteiger partial charge in [-0.1, -0.05) is 38.7 Å². The Balaban J connectivity index is 1.93. The number of nitrogens with zero attached hydrogens (tertiary/aromatic N) is 3. The molecule has 2 aromatic rings. The molecule has 8 heteroatoms. The van der Waals surface area contributed by atoms with Gasteiger partial charge in [0.25, 0.3) is 11.8 Å². The Morgan fingerprint density at radius 1 is 1.33 bits per heavy atom. The van der Waals surface area contributed by atoms with Gasteiger partial charge in [-0.25, -0.2) is 9.37 Å². The van der Waals surface area contributed by atoms with Gasteiger partial charge in [0, 0.05) is 43.3 Å². The van der Waals surface area contributed by atoms with Crippen LogP contribution in [0.25, 0.3) is 0 Å². The van der Waals surface area contributed by atoms with Crippen LogP contribution in [0.1, 0.15) is 60.4 Å². The summed E-state index contributed by atoms with van der Waals surface area (Å²) in [7, 11) is 1.63. The minimum absolute atomic E-state index is 0.160. The SMILES string of the molecule is CC(C)CC#Cc1cnc2c(c1)C(=O)N([C@@H](C)CO)C[C@H](C)[C@H](CN(C)C(=O)c1cccc(F)c1)O2. The Morgan fingerprint density at radius 2 is 2.08 bits per heavy atom. The molecule has 3 atom stereocenters. The second-order valence-electron chi connectivity index (χ2n) is 9.80. The predicted molar refractivity (Wildman–Crippen MR) is 135 cm³/mol. The van der Waals surface area contributed by atoms with E-state index in [9.17, 15) is 19.1 Å². The third-order valence-electron chi connectivity index (χ3n) is 6.14. The molecule has 0 aliphatic carbocycles. The molecule has 1 aromatic heterocycles. The first-order chi connectivity index (χ1) is 17.1. The number of aliphatic hydroxyl groups excluding tert-OH is 1. The van der Waals surface area contributed by atoms with E-state index in [0.717, 1.165) is 6.42 Å². The molecule has 0 saturated carbocycles. The number of fused-ring (bicyclic) bond motifs is 1. The number of rotatable bonds is 6. The minimum atomic E-state index is -0.502. The van der Waals surface area contributed by atoms with E-state index in [4.69, 9.17) is 4.74 Å². The summed E-state index contributed by atoms with van der Waals surface area (Å²) in [4.78, 5) is 33.9. The van der Waals surface area contributed by atoms with Crippen molar-refractivity contribution in [3.63, 3.8) is 0 Å². The second kappa shape index (κ2) is 12.0. The summed E-state index contributed by atoms with van der Waals surface area (Å²) < 4.78 is 19.9. The summed E-state index contributed by atoms with van der Waals surface area (Å²) in [6.45, 7) is 8.18. The van der Waals surface area contributed by atoms with Crippen molar-refractivity contribution in [3.8, 4) is 17.7 Å². The molecule has 0 radical (unpaired) electrons. The Bertz CT molecular complexity index is 1160. The lowest BCUT2D eigenvalue weighted by Crippen LogP contribution is -2.50. The van der Waals surface area contributed by atoms with Crippen molar-refractivity contribution in [1.29, 1.82) is 0 Å². The molecule has 0 spiro atoms. The van der Waals surface area contributed by atoms with E-state index in [1.807, 2.05) is 6.92 Å². The van der Waals surface area contributed by atoms with Crippen molar-refractivity contribution in [2.24, 2.45) is 11.8 Å². The van der Waals surface area contributed by atoms with Crippen molar-refractivity contribution in [2.45, 2.75) is 46.3 Å². The zero-order valence-corrected chi connectivity index (χ0v) is 21.5. The summed E-state index contributed by atoms with van der Waals surface area (Å²) in [5.41, 5.74) is 1.11. The first kappa shape index (κ1) is 27.2. The number of aliphatic hydroxyl groups is 1. The van der Waals surface area contributed by atoms with Crippen LogP contribution < -0.4 is 4.74 Å². The fourth-order valence-electron chi connectivity index (χ4n) is 3.94. The number of hydrogen-bond donors (Lipinski definition) is 1. The number of likely N-dealkylation sites (N-methyl/N-ethyl adjacent to an activating group) is 1. The van der Waals surface area contributed by atoms with Crippen molar-refractivity contribution < 1.29 is 23.8 Å². The lowest BCUT2D eigenvalue weighted by atomic mass is 9.99. The fraction of sp³-hybridized carbons (Fsp3) is 0.464. The molecule has 0 bridgehead atoms. The van der Waals surface area contributed by atoms with Crippen LogP contribution in [0.2, 0.25) is 0 Å². The van der Waals surface area contributed by atoms with E-state index in [1.165, 1.54) is 23.1 Å². The normalized spacial score (nSPS) is 18.3. The van der Waals surface area contributed by atoms with Crippen LogP contribution in [0.5, 0.6) is 5.88 Å². The van der Waals surface area contributed by atoms with Crippen molar-refractivity contribution in [3.05, 3.63) is 59.0 Å². The van der Waals surface area contributed by atoms with E-state index >= 15 is 0 Å². The summed E-state index contributed by atoms with van der Waals surface area (Å²) in [5.74, 6) is 5.44. The number of benzene rings is 1. The van der Waals surface area contributed by atoms with Crippen LogP contribution in [0.3, 0.4) is 0 Å². The maximum Gasteiger partial charge on any atom is 0.259 e. The molecule has 2 heterocycles. The van der Waals surface area contributed by atoms with E-state index in [1.54, 1.807) is 37.2 Å². The number of halogens is 1. The topological polar surface area (TPSA) is 83.0 Å². The van der Waals surface area contributed by atoms with Crippen LogP contribution >= 0.6 is 0 Å². The van der Waals surface area contributed by atoms with Gasteiger partial charge in [-0.3, -0.25) is 9.59 Å². The van der Waals surface area contributed by atoms with E-state index in [-0.39, 0.29) is 47.9 Å². The maximum atomic E-state index is 13.6. The number of carbonyl (C=O) groups is 2. The summed E-state index contributed by atoms with van der Waals surface area (Å²) in [5, 5.41) is 9.81. The lowest BCUT2D eigenvalue weighted by molar-refractivity contribution is 0.0313. The zero-order chi connectivity index (χ0) is 26.4. The van der Waals surface area contributed by atoms with Gasteiger partial charge in [-0.2, -0.15) is 0 Å². The average Bonchev–Trinajstić information content (AvgIpc) is 2.85. The molecule has 3 rings (SSSR count). The van der Waals surface area contributed by atoms with Crippen molar-refractivity contribution >= 4 is 11.8 Å². The fourth-order valence-corrected chi connectivity index (χ4v) is 3.94. The Labute approximate surface area is 212 Å². The van der Waals surface area contributed by atoms with Crippen LogP contribution in [-0.2, 0) is 0 Å². The molecule has 0 fully saturated rings. The average molecular weight is 496 g/mol. The molecular weight excluding hydrogens is 461 g/mol. The summed E-state index contributed by atoms with van der Waals surface area (Å²) in [6.07, 6.45) is 1.79. The van der Waals surface area contributed by atoms with Crippen LogP contribution in [0.4, 0.5) is 4.39 Å². The van der Waals surface area contributed by atoms with Gasteiger partial charge < -0.3 is 19.6 Å². The minimum Gasteiger partial charge on any atom is -0.472 e. The van der Waals surface area contributed by atoms with Gasteiger partial charge in [0.15, 0.2) is 0 Å². The quantitative estimate of drug-likeness (QED) is 0.619. The second-order valence-corrected chi connectivity index (χ2v) is 9.80. The monoisotopic (exact) mass is 495 g/mol. The Morgan fingerprint density at radius 3 is 2.75 bits per heavy atom. The van der Waals surface area contributed by atoms with Crippen LogP contribution in [0.15, 0.2) is 36.5 Å². The number of pyridine rings is 1. The number of ether oxygens (including phenoxy) is 1. The van der Waals surface area contributed by atoms with E-state index < -0.39 is 18.0 Å². The molecular formula is C28H34FN3O4. The van der Waals surface area contributed by atoms with Gasteiger partial charge in [0.1, 0.15) is 17.5 Å². The maximum absolute atomic E-state index is 13.6. The highest BCUT2D eigenvalue weighted by Crippen LogP contribution is 2.27.